The molecule has 4 rings (SSSR count). The zero-order valence-electron chi connectivity index (χ0n) is 28.7. The number of hydrogen-bond donors (Lipinski definition) is 2. The van der Waals surface area contributed by atoms with Gasteiger partial charge in [-0.25, -0.2) is 0 Å². The molecule has 0 bridgehead atoms. The van der Waals surface area contributed by atoms with Crippen LogP contribution in [0.1, 0.15) is 67.7 Å². The standard InChI is InChI=1S/C37H48F3N3O7/c1-2-27-10-8-12-30-32-25-31(32)29-11-6-5-9-28(29)26-43(35(27)30)34(45)13-4-3-7-15-41-33(44)14-17-47-19-21-49-23-24-50-22-20-48-18-16-42-36(46)37(38,39)40/h5-6,8-12H,2-4,7,13-26H2,1H3,(H,41,44)(H,42,46). The lowest BCUT2D eigenvalue weighted by Gasteiger charge is -2.29. The van der Waals surface area contributed by atoms with Crippen LogP contribution in [0.25, 0.3) is 11.1 Å². The lowest BCUT2D eigenvalue weighted by molar-refractivity contribution is -0.173. The molecule has 0 saturated heterocycles. The van der Waals surface area contributed by atoms with Crippen molar-refractivity contribution in [1.82, 2.24) is 10.6 Å². The SMILES string of the molecule is CCc1cccc2c1N(C(=O)CCCCCNC(=O)CCOCCOCCOCCOCCNC(=O)C(F)(F)F)Cc1ccccc1C1=C2C1. The third kappa shape index (κ3) is 12.2. The Hall–Kier alpha value is -3.78. The highest BCUT2D eigenvalue weighted by molar-refractivity contribution is 6.13. The van der Waals surface area contributed by atoms with E-state index in [0.717, 1.165) is 37.8 Å². The molecule has 0 aromatic heterocycles. The van der Waals surface area contributed by atoms with Gasteiger partial charge in [-0.2, -0.15) is 13.2 Å². The maximum absolute atomic E-state index is 13.7. The molecular weight excluding hydrogens is 655 g/mol. The molecule has 3 amide bonds. The first-order valence-electron chi connectivity index (χ1n) is 17.4. The number of aryl methyl sites for hydroxylation is 1. The zero-order chi connectivity index (χ0) is 35.8. The molecule has 0 spiro atoms. The molecule has 0 radical (unpaired) electrons. The molecular formula is C37H48F3N3O7. The summed E-state index contributed by atoms with van der Waals surface area (Å²) in [6, 6.07) is 14.8. The van der Waals surface area contributed by atoms with E-state index in [1.807, 2.05) is 11.0 Å². The molecule has 1 aliphatic carbocycles. The van der Waals surface area contributed by atoms with Crippen LogP contribution >= 0.6 is 0 Å². The zero-order valence-corrected chi connectivity index (χ0v) is 28.7. The van der Waals surface area contributed by atoms with Gasteiger partial charge in [-0.05, 0) is 53.5 Å². The molecule has 0 unspecified atom stereocenters. The number of allylic oxidation sites excluding steroid dienone is 2. The normalized spacial score (nSPS) is 13.6. The third-order valence-electron chi connectivity index (χ3n) is 8.43. The first-order chi connectivity index (χ1) is 24.2. The second-order valence-corrected chi connectivity index (χ2v) is 12.1. The van der Waals surface area contributed by atoms with E-state index in [-0.39, 0.29) is 51.2 Å². The summed E-state index contributed by atoms with van der Waals surface area (Å²) in [4.78, 5) is 38.5. The van der Waals surface area contributed by atoms with Crippen molar-refractivity contribution in [3.05, 3.63) is 64.7 Å². The Morgan fingerprint density at radius 2 is 1.36 bits per heavy atom. The number of hydrogen-bond acceptors (Lipinski definition) is 7. The predicted molar refractivity (Wildman–Crippen MR) is 183 cm³/mol. The number of benzene rings is 2. The van der Waals surface area contributed by atoms with E-state index in [0.29, 0.717) is 45.9 Å². The summed E-state index contributed by atoms with van der Waals surface area (Å²) in [7, 11) is 0. The van der Waals surface area contributed by atoms with Gasteiger partial charge in [-0.3, -0.25) is 14.4 Å². The summed E-state index contributed by atoms with van der Waals surface area (Å²) in [5.41, 5.74) is 8.64. The van der Waals surface area contributed by atoms with Gasteiger partial charge in [0.1, 0.15) is 0 Å². The Bertz CT molecular complexity index is 1460. The average Bonchev–Trinajstić information content (AvgIpc) is 3.89. The van der Waals surface area contributed by atoms with Crippen LogP contribution in [-0.4, -0.2) is 89.8 Å². The highest BCUT2D eigenvalue weighted by Gasteiger charge is 2.38. The van der Waals surface area contributed by atoms with Crippen molar-refractivity contribution in [2.24, 2.45) is 0 Å². The number of carbonyl (C=O) groups is 3. The van der Waals surface area contributed by atoms with Gasteiger partial charge in [0.25, 0.3) is 0 Å². The minimum Gasteiger partial charge on any atom is -0.379 e. The minimum absolute atomic E-state index is 0.0515. The van der Waals surface area contributed by atoms with Crippen molar-refractivity contribution in [2.45, 2.75) is 64.6 Å². The van der Waals surface area contributed by atoms with Gasteiger partial charge in [0.2, 0.25) is 11.8 Å². The highest BCUT2D eigenvalue weighted by Crippen LogP contribution is 2.52. The van der Waals surface area contributed by atoms with Crippen molar-refractivity contribution in [3.8, 4) is 0 Å². The summed E-state index contributed by atoms with van der Waals surface area (Å²) in [5.74, 6) is -1.95. The van der Waals surface area contributed by atoms with Gasteiger partial charge >= 0.3 is 12.1 Å². The van der Waals surface area contributed by atoms with E-state index in [2.05, 4.69) is 48.6 Å². The smallest absolute Gasteiger partial charge is 0.379 e. The lowest BCUT2D eigenvalue weighted by atomic mass is 9.97. The summed E-state index contributed by atoms with van der Waals surface area (Å²) < 4.78 is 57.3. The average molecular weight is 704 g/mol. The maximum atomic E-state index is 13.7. The molecule has 2 N–H and O–H groups in total. The number of halogens is 3. The molecule has 0 fully saturated rings. The van der Waals surface area contributed by atoms with E-state index in [1.54, 1.807) is 5.32 Å². The number of rotatable bonds is 22. The van der Waals surface area contributed by atoms with Crippen LogP contribution in [0.3, 0.4) is 0 Å². The first-order valence-corrected chi connectivity index (χ1v) is 17.4. The largest absolute Gasteiger partial charge is 0.471 e. The topological polar surface area (TPSA) is 115 Å². The monoisotopic (exact) mass is 703 g/mol. The number of para-hydroxylation sites is 1. The summed E-state index contributed by atoms with van der Waals surface area (Å²) in [6.07, 6.45) is 0.00921. The van der Waals surface area contributed by atoms with Gasteiger partial charge in [-0.1, -0.05) is 55.8 Å². The van der Waals surface area contributed by atoms with Gasteiger partial charge in [-0.15, -0.1) is 0 Å². The Balaban J connectivity index is 0.997. The van der Waals surface area contributed by atoms with E-state index in [4.69, 9.17) is 18.9 Å². The number of carbonyl (C=O) groups excluding carboxylic acids is 3. The summed E-state index contributed by atoms with van der Waals surface area (Å²) in [5, 5.41) is 4.63. The number of nitrogens with zero attached hydrogens (tertiary/aromatic N) is 1. The molecule has 2 aromatic carbocycles. The Morgan fingerprint density at radius 1 is 0.720 bits per heavy atom. The number of amides is 3. The first kappa shape index (κ1) is 39.0. The van der Waals surface area contributed by atoms with Crippen LogP contribution in [-0.2, 0) is 46.3 Å². The Morgan fingerprint density at radius 3 is 2.06 bits per heavy atom. The van der Waals surface area contributed by atoms with Gasteiger partial charge in [0.15, 0.2) is 0 Å². The van der Waals surface area contributed by atoms with E-state index < -0.39 is 12.1 Å². The number of alkyl halides is 3. The van der Waals surface area contributed by atoms with Crippen LogP contribution in [0.4, 0.5) is 18.9 Å². The molecule has 50 heavy (non-hydrogen) atoms. The second kappa shape index (κ2) is 20.2. The van der Waals surface area contributed by atoms with E-state index in [9.17, 15) is 27.6 Å². The van der Waals surface area contributed by atoms with Crippen molar-refractivity contribution in [3.63, 3.8) is 0 Å². The predicted octanol–water partition coefficient (Wildman–Crippen LogP) is 5.22. The highest BCUT2D eigenvalue weighted by atomic mass is 19.4. The second-order valence-electron chi connectivity index (χ2n) is 12.1. The van der Waals surface area contributed by atoms with E-state index >= 15 is 0 Å². The fourth-order valence-corrected chi connectivity index (χ4v) is 5.79. The Labute approximate surface area is 291 Å². The molecule has 2 aliphatic rings. The summed E-state index contributed by atoms with van der Waals surface area (Å²) >= 11 is 0. The van der Waals surface area contributed by atoms with Gasteiger partial charge in [0, 0.05) is 31.5 Å². The van der Waals surface area contributed by atoms with Crippen LogP contribution in [0.15, 0.2) is 42.5 Å². The number of anilines is 1. The van der Waals surface area contributed by atoms with Crippen LogP contribution < -0.4 is 15.5 Å². The molecule has 2 aromatic rings. The van der Waals surface area contributed by atoms with Crippen molar-refractivity contribution in [1.29, 1.82) is 0 Å². The molecule has 10 nitrogen and oxygen atoms in total. The van der Waals surface area contributed by atoms with Crippen molar-refractivity contribution >= 4 is 34.6 Å². The third-order valence-corrected chi connectivity index (χ3v) is 8.43. The van der Waals surface area contributed by atoms with Crippen molar-refractivity contribution < 1.29 is 46.5 Å². The minimum atomic E-state index is -4.90. The molecule has 274 valence electrons. The fraction of sp³-hybridized carbons (Fsp3) is 0.541. The maximum Gasteiger partial charge on any atom is 0.471 e. The van der Waals surface area contributed by atoms with Crippen LogP contribution in [0.2, 0.25) is 0 Å². The van der Waals surface area contributed by atoms with Crippen LogP contribution in [0, 0.1) is 0 Å². The van der Waals surface area contributed by atoms with Gasteiger partial charge < -0.3 is 34.5 Å². The van der Waals surface area contributed by atoms with E-state index in [1.165, 1.54) is 33.4 Å². The quantitative estimate of drug-likeness (QED) is 0.162. The number of ether oxygens (including phenoxy) is 4. The molecule has 0 atom stereocenters. The lowest BCUT2D eigenvalue weighted by Crippen LogP contribution is -2.38. The number of unbranched alkanes of at least 4 members (excludes halogenated alkanes) is 2. The fourth-order valence-electron chi connectivity index (χ4n) is 5.79. The molecule has 1 heterocycles. The Kier molecular flexibility index (Phi) is 15.7. The number of nitrogens with one attached hydrogen (secondary N) is 2. The summed E-state index contributed by atoms with van der Waals surface area (Å²) in [6.45, 7) is 4.97. The molecule has 0 saturated carbocycles. The molecule has 1 aliphatic heterocycles. The van der Waals surface area contributed by atoms with Gasteiger partial charge in [0.05, 0.1) is 65.1 Å². The van der Waals surface area contributed by atoms with Crippen LogP contribution in [0.5, 0.6) is 0 Å². The molecule has 13 heteroatoms. The van der Waals surface area contributed by atoms with Crippen molar-refractivity contribution in [2.75, 3.05) is 70.8 Å². The number of fused-ring (bicyclic) bond motifs is 4.